The average molecular weight is 280 g/mol. The van der Waals surface area contributed by atoms with Crippen LogP contribution < -0.4 is 5.32 Å². The summed E-state index contributed by atoms with van der Waals surface area (Å²) >= 11 is 0. The van der Waals surface area contributed by atoms with Crippen LogP contribution >= 0.6 is 0 Å². The van der Waals surface area contributed by atoms with Gasteiger partial charge in [-0.2, -0.15) is 0 Å². The monoisotopic (exact) mass is 280 g/mol. The Balaban J connectivity index is 2.24. The summed E-state index contributed by atoms with van der Waals surface area (Å²) in [6.07, 6.45) is 2.84. The lowest BCUT2D eigenvalue weighted by molar-refractivity contribution is 0.504. The molecule has 1 N–H and O–H groups in total. The van der Waals surface area contributed by atoms with Gasteiger partial charge in [-0.15, -0.1) is 0 Å². The van der Waals surface area contributed by atoms with Crippen molar-refractivity contribution in [1.82, 2.24) is 4.98 Å². The normalized spacial score (nSPS) is 14.8. The van der Waals surface area contributed by atoms with E-state index in [1.165, 1.54) is 0 Å². The fraction of sp³-hybridized carbons (Fsp3) is 0.400. The summed E-state index contributed by atoms with van der Waals surface area (Å²) in [4.78, 5) is 4.13. The van der Waals surface area contributed by atoms with Gasteiger partial charge in [0, 0.05) is 29.9 Å². The molecule has 2 nitrogen and oxygen atoms in total. The van der Waals surface area contributed by atoms with Crippen molar-refractivity contribution in [3.63, 3.8) is 0 Å². The van der Waals surface area contributed by atoms with Gasteiger partial charge in [-0.25, -0.2) is 18.2 Å². The second-order valence-electron chi connectivity index (χ2n) is 5.17. The summed E-state index contributed by atoms with van der Waals surface area (Å²) in [5.74, 6) is -2.78. The van der Waals surface area contributed by atoms with Crippen LogP contribution in [0.15, 0.2) is 12.1 Å². The molecule has 20 heavy (non-hydrogen) atoms. The van der Waals surface area contributed by atoms with Gasteiger partial charge in [0.15, 0.2) is 11.6 Å². The van der Waals surface area contributed by atoms with Crippen molar-refractivity contribution < 1.29 is 13.2 Å². The number of hydrogen-bond donors (Lipinski definition) is 1. The predicted octanol–water partition coefficient (Wildman–Crippen LogP) is 4.35. The van der Waals surface area contributed by atoms with Crippen LogP contribution in [0.1, 0.15) is 37.8 Å². The Morgan fingerprint density at radius 1 is 1.20 bits per heavy atom. The first-order chi connectivity index (χ1) is 9.61. The van der Waals surface area contributed by atoms with Crippen LogP contribution in [-0.4, -0.2) is 11.5 Å². The highest BCUT2D eigenvalue weighted by Gasteiger charge is 2.27. The lowest BCUT2D eigenvalue weighted by atomic mass is 10.1. The van der Waals surface area contributed by atoms with Crippen LogP contribution in [0.25, 0.3) is 10.9 Å². The molecule has 1 saturated carbocycles. The first kappa shape index (κ1) is 13.2. The van der Waals surface area contributed by atoms with Gasteiger partial charge in [0.2, 0.25) is 0 Å². The highest BCUT2D eigenvalue weighted by Crippen LogP contribution is 2.41. The molecular weight excluding hydrogens is 265 g/mol. The Kier molecular flexibility index (Phi) is 3.28. The van der Waals surface area contributed by atoms with Crippen molar-refractivity contribution in [3.05, 3.63) is 35.3 Å². The number of fused-ring (bicyclic) bond motifs is 1. The van der Waals surface area contributed by atoms with E-state index >= 15 is 0 Å². The first-order valence-electron chi connectivity index (χ1n) is 6.83. The van der Waals surface area contributed by atoms with Crippen molar-refractivity contribution in [2.75, 3.05) is 11.9 Å². The van der Waals surface area contributed by atoms with E-state index in [4.69, 9.17) is 0 Å². The molecule has 1 heterocycles. The van der Waals surface area contributed by atoms with Gasteiger partial charge in [-0.3, -0.25) is 0 Å². The fourth-order valence-corrected chi connectivity index (χ4v) is 2.31. The summed E-state index contributed by atoms with van der Waals surface area (Å²) in [7, 11) is 0. The van der Waals surface area contributed by atoms with Crippen LogP contribution in [0.4, 0.5) is 18.9 Å². The largest absolute Gasteiger partial charge is 0.384 e. The number of nitrogens with one attached hydrogen (secondary N) is 1. The summed E-state index contributed by atoms with van der Waals surface area (Å²) in [5.41, 5.74) is 0.987. The molecule has 0 radical (unpaired) electrons. The number of benzene rings is 1. The standard InChI is InChI=1S/C15H15F3N2/c1-2-5-19-12-7-11(8-3-4-8)20-15-13(12)9(16)6-10(17)14(15)18/h6-8H,2-5H2,1H3,(H,19,20). The third kappa shape index (κ3) is 2.21. The summed E-state index contributed by atoms with van der Waals surface area (Å²) in [6, 6.07) is 2.34. The van der Waals surface area contributed by atoms with Crippen molar-refractivity contribution in [2.45, 2.75) is 32.1 Å². The number of anilines is 1. The van der Waals surface area contributed by atoms with Gasteiger partial charge in [0.1, 0.15) is 11.3 Å². The van der Waals surface area contributed by atoms with Gasteiger partial charge >= 0.3 is 0 Å². The molecule has 1 aliphatic rings. The Bertz CT molecular complexity index is 666. The van der Waals surface area contributed by atoms with E-state index in [1.807, 2.05) is 6.92 Å². The van der Waals surface area contributed by atoms with Crippen molar-refractivity contribution >= 4 is 16.6 Å². The van der Waals surface area contributed by atoms with E-state index in [9.17, 15) is 13.2 Å². The number of nitrogens with zero attached hydrogens (tertiary/aromatic N) is 1. The molecule has 1 aromatic carbocycles. The van der Waals surface area contributed by atoms with Gasteiger partial charge in [-0.1, -0.05) is 6.92 Å². The molecule has 0 aliphatic heterocycles. The maximum atomic E-state index is 14.0. The Labute approximate surface area is 115 Å². The van der Waals surface area contributed by atoms with Crippen molar-refractivity contribution in [1.29, 1.82) is 0 Å². The molecule has 1 aromatic heterocycles. The Morgan fingerprint density at radius 3 is 2.60 bits per heavy atom. The summed E-state index contributed by atoms with van der Waals surface area (Å²) in [5, 5.41) is 3.11. The second-order valence-corrected chi connectivity index (χ2v) is 5.17. The minimum absolute atomic E-state index is 0.0294. The average Bonchev–Trinajstić information content (AvgIpc) is 3.26. The molecule has 0 amide bonds. The number of aromatic nitrogens is 1. The van der Waals surface area contributed by atoms with Gasteiger partial charge in [0.05, 0.1) is 5.39 Å². The van der Waals surface area contributed by atoms with Gasteiger partial charge in [-0.05, 0) is 25.3 Å². The number of halogens is 3. The van der Waals surface area contributed by atoms with Gasteiger partial charge in [0.25, 0.3) is 0 Å². The van der Waals surface area contributed by atoms with Crippen LogP contribution in [0.5, 0.6) is 0 Å². The third-order valence-electron chi connectivity index (χ3n) is 3.51. The Hall–Kier alpha value is -1.78. The second kappa shape index (κ2) is 4.96. The molecular formula is C15H15F3N2. The first-order valence-corrected chi connectivity index (χ1v) is 6.83. The highest BCUT2D eigenvalue weighted by molar-refractivity contribution is 5.92. The smallest absolute Gasteiger partial charge is 0.185 e. The molecule has 0 spiro atoms. The lowest BCUT2D eigenvalue weighted by Gasteiger charge is -2.12. The molecule has 1 fully saturated rings. The van der Waals surface area contributed by atoms with Crippen molar-refractivity contribution in [3.8, 4) is 0 Å². The Morgan fingerprint density at radius 2 is 1.95 bits per heavy atom. The molecule has 1 aliphatic carbocycles. The van der Waals surface area contributed by atoms with Crippen LogP contribution in [0.2, 0.25) is 0 Å². The minimum Gasteiger partial charge on any atom is -0.384 e. The maximum absolute atomic E-state index is 14.0. The third-order valence-corrected chi connectivity index (χ3v) is 3.51. The zero-order valence-electron chi connectivity index (χ0n) is 11.1. The van der Waals surface area contributed by atoms with E-state index in [0.717, 1.165) is 19.3 Å². The molecule has 3 rings (SSSR count). The molecule has 0 unspecified atom stereocenters. The fourth-order valence-electron chi connectivity index (χ4n) is 2.31. The molecule has 0 bridgehead atoms. The van der Waals surface area contributed by atoms with Crippen LogP contribution in [0.3, 0.4) is 0 Å². The molecule has 0 saturated heterocycles. The van der Waals surface area contributed by atoms with Crippen LogP contribution in [0, 0.1) is 17.5 Å². The zero-order chi connectivity index (χ0) is 14.3. The van der Waals surface area contributed by atoms with Gasteiger partial charge < -0.3 is 5.32 Å². The SMILES string of the molecule is CCCNc1cc(C2CC2)nc2c(F)c(F)cc(F)c12. The topological polar surface area (TPSA) is 24.9 Å². The maximum Gasteiger partial charge on any atom is 0.185 e. The highest BCUT2D eigenvalue weighted by atomic mass is 19.2. The van der Waals surface area contributed by atoms with E-state index in [2.05, 4.69) is 10.3 Å². The number of pyridine rings is 1. The lowest BCUT2D eigenvalue weighted by Crippen LogP contribution is -2.05. The molecule has 106 valence electrons. The number of hydrogen-bond acceptors (Lipinski definition) is 2. The number of rotatable bonds is 4. The zero-order valence-corrected chi connectivity index (χ0v) is 11.1. The van der Waals surface area contributed by atoms with E-state index in [1.54, 1.807) is 6.07 Å². The summed E-state index contributed by atoms with van der Waals surface area (Å²) < 4.78 is 41.3. The van der Waals surface area contributed by atoms with Crippen molar-refractivity contribution in [2.24, 2.45) is 0 Å². The molecule has 2 aromatic rings. The molecule has 5 heteroatoms. The van der Waals surface area contributed by atoms with E-state index in [-0.39, 0.29) is 16.8 Å². The predicted molar refractivity (Wildman–Crippen MR) is 72.4 cm³/mol. The van der Waals surface area contributed by atoms with Crippen LogP contribution in [-0.2, 0) is 0 Å². The van der Waals surface area contributed by atoms with E-state index < -0.39 is 17.5 Å². The summed E-state index contributed by atoms with van der Waals surface area (Å²) in [6.45, 7) is 2.62. The molecule has 0 atom stereocenters. The quantitative estimate of drug-likeness (QED) is 0.842. The minimum atomic E-state index is -1.20. The van der Waals surface area contributed by atoms with E-state index in [0.29, 0.717) is 24.0 Å².